The van der Waals surface area contributed by atoms with E-state index in [1.54, 1.807) is 0 Å². The van der Waals surface area contributed by atoms with Gasteiger partial charge in [0.2, 0.25) is 0 Å². The molecule has 3 aromatic rings. The normalized spacial score (nSPS) is 10.3. The Labute approximate surface area is 152 Å². The van der Waals surface area contributed by atoms with Crippen LogP contribution in [-0.4, -0.2) is 11.8 Å². The first-order valence-corrected chi connectivity index (χ1v) is 7.86. The fraction of sp³-hybridized carbons (Fsp3) is 0. The molecule has 0 saturated carbocycles. The van der Waals surface area contributed by atoms with E-state index >= 15 is 0 Å². The van der Waals surface area contributed by atoms with Gasteiger partial charge in [0.1, 0.15) is 17.5 Å². The van der Waals surface area contributed by atoms with Gasteiger partial charge in [-0.2, -0.15) is 0 Å². The van der Waals surface area contributed by atoms with Gasteiger partial charge in [-0.1, -0.05) is 12.1 Å². The summed E-state index contributed by atoms with van der Waals surface area (Å²) in [5.41, 5.74) is 0.344. The zero-order valence-corrected chi connectivity index (χ0v) is 13.8. The van der Waals surface area contributed by atoms with Gasteiger partial charge >= 0.3 is 0 Å². The number of hydrogen-bond donors (Lipinski definition) is 2. The minimum absolute atomic E-state index is 0.102. The van der Waals surface area contributed by atoms with Crippen LogP contribution in [0, 0.1) is 17.5 Å². The molecule has 27 heavy (non-hydrogen) atoms. The molecule has 2 N–H and O–H groups in total. The van der Waals surface area contributed by atoms with Crippen molar-refractivity contribution >= 4 is 23.2 Å². The lowest BCUT2D eigenvalue weighted by molar-refractivity contribution is 0.102. The molecule has 0 unspecified atom stereocenters. The van der Waals surface area contributed by atoms with E-state index in [1.165, 1.54) is 42.5 Å². The topological polar surface area (TPSA) is 58.2 Å². The molecule has 0 aliphatic carbocycles. The van der Waals surface area contributed by atoms with E-state index in [9.17, 15) is 22.8 Å². The number of carbonyl (C=O) groups excluding carboxylic acids is 2. The van der Waals surface area contributed by atoms with Crippen LogP contribution in [0.15, 0.2) is 66.7 Å². The van der Waals surface area contributed by atoms with Crippen molar-refractivity contribution in [3.8, 4) is 0 Å². The molecule has 0 aliphatic rings. The molecule has 0 spiro atoms. The van der Waals surface area contributed by atoms with E-state index in [4.69, 9.17) is 0 Å². The first-order valence-electron chi connectivity index (χ1n) is 7.86. The summed E-state index contributed by atoms with van der Waals surface area (Å²) in [5, 5.41) is 4.83. The highest BCUT2D eigenvalue weighted by Gasteiger charge is 2.13. The number of amides is 2. The van der Waals surface area contributed by atoms with E-state index in [2.05, 4.69) is 10.6 Å². The maximum Gasteiger partial charge on any atom is 0.255 e. The predicted molar refractivity (Wildman–Crippen MR) is 95.1 cm³/mol. The van der Waals surface area contributed by atoms with Gasteiger partial charge in [-0.25, -0.2) is 13.2 Å². The van der Waals surface area contributed by atoms with E-state index in [0.717, 1.165) is 18.2 Å². The lowest BCUT2D eigenvalue weighted by atomic mass is 10.1. The summed E-state index contributed by atoms with van der Waals surface area (Å²) in [7, 11) is 0. The highest BCUT2D eigenvalue weighted by molar-refractivity contribution is 6.08. The van der Waals surface area contributed by atoms with Gasteiger partial charge in [0.15, 0.2) is 0 Å². The molecule has 3 aromatic carbocycles. The van der Waals surface area contributed by atoms with Crippen molar-refractivity contribution in [3.05, 3.63) is 95.3 Å². The Morgan fingerprint density at radius 2 is 1.30 bits per heavy atom. The van der Waals surface area contributed by atoms with Crippen LogP contribution in [0.25, 0.3) is 0 Å². The second kappa shape index (κ2) is 7.74. The summed E-state index contributed by atoms with van der Waals surface area (Å²) in [5.74, 6) is -3.38. The predicted octanol–water partition coefficient (Wildman–Crippen LogP) is 4.61. The maximum absolute atomic E-state index is 13.7. The summed E-state index contributed by atoms with van der Waals surface area (Å²) in [6, 6.07) is 13.9. The minimum Gasteiger partial charge on any atom is -0.322 e. The van der Waals surface area contributed by atoms with Crippen molar-refractivity contribution in [1.29, 1.82) is 0 Å². The lowest BCUT2D eigenvalue weighted by Gasteiger charge is -2.09. The minimum atomic E-state index is -0.914. The number of halogens is 3. The smallest absolute Gasteiger partial charge is 0.255 e. The summed E-state index contributed by atoms with van der Waals surface area (Å²) in [6.45, 7) is 0. The fourth-order valence-electron chi connectivity index (χ4n) is 2.36. The van der Waals surface area contributed by atoms with Crippen molar-refractivity contribution in [2.24, 2.45) is 0 Å². The maximum atomic E-state index is 13.7. The molecule has 0 bridgehead atoms. The Balaban J connectivity index is 1.76. The standard InChI is InChI=1S/C20H13F3N2O2/c21-14-5-2-6-16(10-14)24-19(26)12-3-1-4-13(9-12)20(27)25-18-8-7-15(22)11-17(18)23/h1-11H,(H,24,26)(H,25,27). The van der Waals surface area contributed by atoms with Gasteiger partial charge in [-0.05, 0) is 48.5 Å². The second-order valence-electron chi connectivity index (χ2n) is 5.62. The van der Waals surface area contributed by atoms with E-state index in [0.29, 0.717) is 6.07 Å². The number of hydrogen-bond acceptors (Lipinski definition) is 2. The van der Waals surface area contributed by atoms with Crippen molar-refractivity contribution < 1.29 is 22.8 Å². The molecular weight excluding hydrogens is 357 g/mol. The zero-order chi connectivity index (χ0) is 19.4. The van der Waals surface area contributed by atoms with Crippen molar-refractivity contribution in [2.45, 2.75) is 0 Å². The van der Waals surface area contributed by atoms with Crippen molar-refractivity contribution in [1.82, 2.24) is 0 Å². The monoisotopic (exact) mass is 370 g/mol. The molecule has 7 heteroatoms. The molecule has 0 radical (unpaired) electrons. The number of benzene rings is 3. The third kappa shape index (κ3) is 4.52. The van der Waals surface area contributed by atoms with Gasteiger partial charge < -0.3 is 10.6 Å². The largest absolute Gasteiger partial charge is 0.322 e. The molecule has 0 atom stereocenters. The van der Waals surface area contributed by atoms with E-state index in [-0.39, 0.29) is 22.5 Å². The van der Waals surface area contributed by atoms with Crippen LogP contribution in [-0.2, 0) is 0 Å². The fourth-order valence-corrected chi connectivity index (χ4v) is 2.36. The SMILES string of the molecule is O=C(Nc1cccc(F)c1)c1cccc(C(=O)Nc2ccc(F)cc2F)c1. The molecule has 0 heterocycles. The van der Waals surface area contributed by atoms with Crippen LogP contribution in [0.4, 0.5) is 24.5 Å². The summed E-state index contributed by atoms with van der Waals surface area (Å²) in [4.78, 5) is 24.6. The molecule has 2 amide bonds. The molecule has 0 fully saturated rings. The molecule has 0 aromatic heterocycles. The number of nitrogens with one attached hydrogen (secondary N) is 2. The highest BCUT2D eigenvalue weighted by atomic mass is 19.1. The Hall–Kier alpha value is -3.61. The number of carbonyl (C=O) groups is 2. The van der Waals surface area contributed by atoms with Gasteiger partial charge in [-0.3, -0.25) is 9.59 Å². The molecular formula is C20H13F3N2O2. The zero-order valence-electron chi connectivity index (χ0n) is 13.8. The highest BCUT2D eigenvalue weighted by Crippen LogP contribution is 2.17. The number of rotatable bonds is 4. The first kappa shape index (κ1) is 18.2. The van der Waals surface area contributed by atoms with Crippen LogP contribution in [0.3, 0.4) is 0 Å². The third-order valence-corrected chi connectivity index (χ3v) is 3.65. The van der Waals surface area contributed by atoms with E-state index < -0.39 is 29.3 Å². The molecule has 0 saturated heterocycles. The van der Waals surface area contributed by atoms with Gasteiger partial charge in [0.05, 0.1) is 5.69 Å². The van der Waals surface area contributed by atoms with Crippen LogP contribution in [0.1, 0.15) is 20.7 Å². The van der Waals surface area contributed by atoms with Crippen LogP contribution in [0.2, 0.25) is 0 Å². The summed E-state index contributed by atoms with van der Waals surface area (Å²) < 4.78 is 39.8. The molecule has 3 rings (SSSR count). The van der Waals surface area contributed by atoms with Crippen molar-refractivity contribution in [2.75, 3.05) is 10.6 Å². The first-order chi connectivity index (χ1) is 12.9. The summed E-state index contributed by atoms with van der Waals surface area (Å²) >= 11 is 0. The molecule has 136 valence electrons. The van der Waals surface area contributed by atoms with Crippen LogP contribution >= 0.6 is 0 Å². The Kier molecular flexibility index (Phi) is 5.21. The Bertz CT molecular complexity index is 1020. The third-order valence-electron chi connectivity index (χ3n) is 3.65. The van der Waals surface area contributed by atoms with Gasteiger partial charge in [-0.15, -0.1) is 0 Å². The summed E-state index contributed by atoms with van der Waals surface area (Å²) in [6.07, 6.45) is 0. The molecule has 0 aliphatic heterocycles. The van der Waals surface area contributed by atoms with Crippen LogP contribution < -0.4 is 10.6 Å². The van der Waals surface area contributed by atoms with E-state index in [1.807, 2.05) is 0 Å². The average Bonchev–Trinajstić information content (AvgIpc) is 2.64. The van der Waals surface area contributed by atoms with Gasteiger partial charge in [0, 0.05) is 22.9 Å². The second-order valence-corrected chi connectivity index (χ2v) is 5.62. The molecule has 4 nitrogen and oxygen atoms in total. The van der Waals surface area contributed by atoms with Gasteiger partial charge in [0.25, 0.3) is 11.8 Å². The van der Waals surface area contributed by atoms with Crippen molar-refractivity contribution in [3.63, 3.8) is 0 Å². The lowest BCUT2D eigenvalue weighted by Crippen LogP contribution is -2.16. The average molecular weight is 370 g/mol. The Morgan fingerprint density at radius 3 is 1.96 bits per heavy atom. The number of anilines is 2. The quantitative estimate of drug-likeness (QED) is 0.705. The Morgan fingerprint density at radius 1 is 0.667 bits per heavy atom. The van der Waals surface area contributed by atoms with Crippen LogP contribution in [0.5, 0.6) is 0 Å².